The molecule has 1 unspecified atom stereocenters. The van der Waals surface area contributed by atoms with Crippen molar-refractivity contribution in [2.24, 2.45) is 17.8 Å². The molecule has 2 aromatic rings. The second-order valence-electron chi connectivity index (χ2n) is 9.64. The first kappa shape index (κ1) is 22.7. The number of hydrogen-bond acceptors (Lipinski definition) is 0. The number of benzene rings is 2. The van der Waals surface area contributed by atoms with Crippen molar-refractivity contribution in [3.8, 4) is 0 Å². The van der Waals surface area contributed by atoms with Gasteiger partial charge in [-0.3, -0.25) is 0 Å². The summed E-state index contributed by atoms with van der Waals surface area (Å²) in [5.74, 6) is 2.93. The number of fused-ring (bicyclic) bond motifs is 1. The van der Waals surface area contributed by atoms with Gasteiger partial charge in [-0.2, -0.15) is 0 Å². The number of aryl methyl sites for hydroxylation is 4. The Morgan fingerprint density at radius 1 is 0.536 bits per heavy atom. The summed E-state index contributed by atoms with van der Waals surface area (Å²) >= 11 is 0. The zero-order valence-electron chi connectivity index (χ0n) is 19.2. The van der Waals surface area contributed by atoms with Gasteiger partial charge in [-0.15, -0.1) is 0 Å². The van der Waals surface area contributed by atoms with Crippen molar-refractivity contribution in [3.05, 3.63) is 70.3 Å². The van der Waals surface area contributed by atoms with Crippen LogP contribution in [0.1, 0.15) is 80.7 Å². The highest BCUT2D eigenvalue weighted by Gasteiger charge is 2.14. The van der Waals surface area contributed by atoms with Crippen LogP contribution in [0.3, 0.4) is 0 Å². The number of rotatable bonds is 0. The molecule has 0 radical (unpaired) electrons. The summed E-state index contributed by atoms with van der Waals surface area (Å²) < 4.78 is 0. The van der Waals surface area contributed by atoms with Crippen molar-refractivity contribution in [3.63, 3.8) is 0 Å². The first-order valence-electron chi connectivity index (χ1n) is 11.4. The largest absolute Gasteiger partial charge is 0.0625 e. The van der Waals surface area contributed by atoms with Crippen molar-refractivity contribution < 1.29 is 0 Å². The molecule has 2 aliphatic carbocycles. The van der Waals surface area contributed by atoms with Gasteiger partial charge in [0.2, 0.25) is 0 Å². The van der Waals surface area contributed by atoms with E-state index < -0.39 is 0 Å². The summed E-state index contributed by atoms with van der Waals surface area (Å²) in [4.78, 5) is 0. The predicted octanol–water partition coefficient (Wildman–Crippen LogP) is 8.26. The van der Waals surface area contributed by atoms with E-state index in [1.807, 2.05) is 0 Å². The van der Waals surface area contributed by atoms with Gasteiger partial charge in [-0.05, 0) is 68.9 Å². The molecule has 0 saturated heterocycles. The van der Waals surface area contributed by atoms with E-state index in [4.69, 9.17) is 0 Å². The Labute approximate surface area is 174 Å². The van der Waals surface area contributed by atoms with Crippen LogP contribution < -0.4 is 0 Å². The average Bonchev–Trinajstić information content (AvgIpc) is 2.68. The molecule has 0 nitrogen and oxygen atoms in total. The molecular weight excluding hydrogens is 336 g/mol. The molecule has 4 rings (SSSR count). The van der Waals surface area contributed by atoms with Gasteiger partial charge in [-0.25, -0.2) is 0 Å². The second kappa shape index (κ2) is 11.4. The van der Waals surface area contributed by atoms with Crippen LogP contribution in [0, 0.1) is 38.5 Å². The van der Waals surface area contributed by atoms with Gasteiger partial charge in [0.05, 0.1) is 0 Å². The van der Waals surface area contributed by atoms with Crippen molar-refractivity contribution in [1.29, 1.82) is 0 Å². The lowest BCUT2D eigenvalue weighted by Gasteiger charge is -2.22. The Morgan fingerprint density at radius 2 is 1.00 bits per heavy atom. The highest BCUT2D eigenvalue weighted by molar-refractivity contribution is 5.33. The molecule has 0 aromatic heterocycles. The van der Waals surface area contributed by atoms with E-state index in [9.17, 15) is 0 Å². The average molecular weight is 379 g/mol. The molecule has 0 bridgehead atoms. The Kier molecular flexibility index (Phi) is 9.29. The van der Waals surface area contributed by atoms with Crippen LogP contribution in [0.2, 0.25) is 0 Å². The normalized spacial score (nSPS) is 23.4. The third kappa shape index (κ3) is 8.21. The Hall–Kier alpha value is -1.56. The molecule has 1 atom stereocenters. The van der Waals surface area contributed by atoms with E-state index in [0.29, 0.717) is 0 Å². The molecular formula is C28H42. The standard InChI is InChI=1S/C12H16.C8H16.C8H10/c1-9-3-5-12-8-10(2)4-6-11(12)7-9;2*1-7-3-5-8(2)6-4-7/h3,5,7,10H,4,6,8H2,1-2H3;7-8H,3-6H2,1-2H3;3-6H,1-2H3. The summed E-state index contributed by atoms with van der Waals surface area (Å²) in [6.45, 7) is 13.5. The topological polar surface area (TPSA) is 0 Å². The third-order valence-corrected chi connectivity index (χ3v) is 6.36. The van der Waals surface area contributed by atoms with Crippen molar-refractivity contribution >= 4 is 0 Å². The van der Waals surface area contributed by atoms with E-state index in [1.54, 1.807) is 11.1 Å². The lowest BCUT2D eigenvalue weighted by atomic mass is 9.84. The van der Waals surface area contributed by atoms with Crippen LogP contribution in [0.25, 0.3) is 0 Å². The van der Waals surface area contributed by atoms with Gasteiger partial charge in [0.15, 0.2) is 0 Å². The fourth-order valence-corrected chi connectivity index (χ4v) is 4.13. The van der Waals surface area contributed by atoms with Crippen LogP contribution in [0.5, 0.6) is 0 Å². The SMILES string of the molecule is CC1CCC(C)CC1.Cc1ccc(C)cc1.Cc1ccc2c(c1)CCC(C)C2. The molecule has 2 aromatic carbocycles. The van der Waals surface area contributed by atoms with E-state index >= 15 is 0 Å². The predicted molar refractivity (Wildman–Crippen MR) is 125 cm³/mol. The number of hydrogen-bond donors (Lipinski definition) is 0. The third-order valence-electron chi connectivity index (χ3n) is 6.36. The zero-order chi connectivity index (χ0) is 20.5. The highest BCUT2D eigenvalue weighted by Crippen LogP contribution is 2.27. The first-order valence-corrected chi connectivity index (χ1v) is 11.4. The molecule has 0 spiro atoms. The summed E-state index contributed by atoms with van der Waals surface area (Å²) in [5, 5.41) is 0. The molecule has 2 aliphatic rings. The fraction of sp³-hybridized carbons (Fsp3) is 0.571. The van der Waals surface area contributed by atoms with E-state index in [0.717, 1.165) is 17.8 Å². The maximum absolute atomic E-state index is 2.37. The van der Waals surface area contributed by atoms with Crippen LogP contribution in [-0.2, 0) is 12.8 Å². The summed E-state index contributed by atoms with van der Waals surface area (Å²) in [7, 11) is 0. The minimum absolute atomic E-state index is 0.889. The Bertz CT molecular complexity index is 655. The minimum Gasteiger partial charge on any atom is -0.0625 e. The molecule has 0 amide bonds. The van der Waals surface area contributed by atoms with Crippen LogP contribution in [0.4, 0.5) is 0 Å². The van der Waals surface area contributed by atoms with Gasteiger partial charge < -0.3 is 0 Å². The second-order valence-corrected chi connectivity index (χ2v) is 9.64. The van der Waals surface area contributed by atoms with Gasteiger partial charge in [0.1, 0.15) is 0 Å². The maximum Gasteiger partial charge on any atom is -0.0250 e. The van der Waals surface area contributed by atoms with Crippen LogP contribution in [0.15, 0.2) is 42.5 Å². The monoisotopic (exact) mass is 378 g/mol. The minimum atomic E-state index is 0.889. The fourth-order valence-electron chi connectivity index (χ4n) is 4.13. The molecule has 1 fully saturated rings. The molecule has 0 N–H and O–H groups in total. The van der Waals surface area contributed by atoms with Crippen molar-refractivity contribution in [1.82, 2.24) is 0 Å². The summed E-state index contributed by atoms with van der Waals surface area (Å²) in [6.07, 6.45) is 9.84. The Balaban J connectivity index is 0.000000156. The maximum atomic E-state index is 2.37. The summed E-state index contributed by atoms with van der Waals surface area (Å²) in [5.41, 5.74) is 7.24. The molecule has 28 heavy (non-hydrogen) atoms. The van der Waals surface area contributed by atoms with Crippen LogP contribution in [-0.4, -0.2) is 0 Å². The lowest BCUT2D eigenvalue weighted by Crippen LogP contribution is -2.10. The summed E-state index contributed by atoms with van der Waals surface area (Å²) in [6, 6.07) is 15.4. The van der Waals surface area contributed by atoms with Gasteiger partial charge >= 0.3 is 0 Å². The first-order chi connectivity index (χ1) is 13.3. The van der Waals surface area contributed by atoms with Gasteiger partial charge in [-0.1, -0.05) is 106 Å². The van der Waals surface area contributed by atoms with Crippen molar-refractivity contribution in [2.75, 3.05) is 0 Å². The quantitative estimate of drug-likeness (QED) is 0.433. The molecule has 154 valence electrons. The van der Waals surface area contributed by atoms with Crippen molar-refractivity contribution in [2.45, 2.75) is 86.5 Å². The molecule has 0 heteroatoms. The smallest absolute Gasteiger partial charge is 0.0250 e. The Morgan fingerprint density at radius 3 is 1.50 bits per heavy atom. The zero-order valence-corrected chi connectivity index (χ0v) is 19.2. The molecule has 0 aliphatic heterocycles. The molecule has 1 saturated carbocycles. The van der Waals surface area contributed by atoms with Crippen LogP contribution >= 0.6 is 0 Å². The van der Waals surface area contributed by atoms with E-state index in [1.165, 1.54) is 61.6 Å². The van der Waals surface area contributed by atoms with Gasteiger partial charge in [0, 0.05) is 0 Å². The highest BCUT2D eigenvalue weighted by atomic mass is 14.2. The van der Waals surface area contributed by atoms with E-state index in [2.05, 4.69) is 84.0 Å². The van der Waals surface area contributed by atoms with Gasteiger partial charge in [0.25, 0.3) is 0 Å². The van der Waals surface area contributed by atoms with E-state index in [-0.39, 0.29) is 0 Å². The molecule has 0 heterocycles. The lowest BCUT2D eigenvalue weighted by molar-refractivity contribution is 0.308.